The third-order valence-corrected chi connectivity index (χ3v) is 4.37. The maximum Gasteiger partial charge on any atom is 0.311 e. The van der Waals surface area contributed by atoms with Crippen molar-refractivity contribution in [3.05, 3.63) is 71.7 Å². The van der Waals surface area contributed by atoms with Crippen LogP contribution >= 0.6 is 0 Å². The molecule has 3 rings (SSSR count). The molecule has 0 saturated carbocycles. The zero-order valence-corrected chi connectivity index (χ0v) is 12.8. The molecule has 1 aromatic heterocycles. The van der Waals surface area contributed by atoms with E-state index < -0.39 is 17.7 Å². The zero-order valence-electron chi connectivity index (χ0n) is 12.8. The highest BCUT2D eigenvalue weighted by Gasteiger charge is 2.33. The lowest BCUT2D eigenvalue weighted by molar-refractivity contribution is -0.139. The molecule has 0 radical (unpaired) electrons. The number of fused-ring (bicyclic) bond motifs is 1. The number of carbonyl (C=O) groups is 1. The van der Waals surface area contributed by atoms with Gasteiger partial charge in [-0.2, -0.15) is 0 Å². The third kappa shape index (κ3) is 2.72. The van der Waals surface area contributed by atoms with E-state index in [2.05, 4.69) is 4.98 Å². The maximum atomic E-state index is 14.2. The molecule has 0 spiro atoms. The van der Waals surface area contributed by atoms with E-state index in [1.54, 1.807) is 18.2 Å². The summed E-state index contributed by atoms with van der Waals surface area (Å²) in [7, 11) is 0. The number of H-pyrrole nitrogens is 1. The molecule has 2 aromatic carbocycles. The average molecular weight is 311 g/mol. The van der Waals surface area contributed by atoms with Crippen LogP contribution in [-0.2, 0) is 4.79 Å². The molecule has 118 valence electrons. The Bertz CT molecular complexity index is 840. The van der Waals surface area contributed by atoms with Crippen LogP contribution in [-0.4, -0.2) is 16.1 Å². The van der Waals surface area contributed by atoms with Crippen molar-refractivity contribution in [1.82, 2.24) is 4.98 Å². The van der Waals surface area contributed by atoms with Crippen LogP contribution in [0.15, 0.2) is 54.7 Å². The Morgan fingerprint density at radius 3 is 2.52 bits per heavy atom. The van der Waals surface area contributed by atoms with Gasteiger partial charge in [-0.3, -0.25) is 4.79 Å². The number of aliphatic carboxylic acids is 1. The number of carboxylic acid groups (broad SMARTS) is 1. The van der Waals surface area contributed by atoms with Crippen molar-refractivity contribution < 1.29 is 14.3 Å². The number of hydrogen-bond donors (Lipinski definition) is 2. The van der Waals surface area contributed by atoms with E-state index in [1.165, 1.54) is 6.07 Å². The number of benzene rings is 2. The first-order valence-corrected chi connectivity index (χ1v) is 7.66. The van der Waals surface area contributed by atoms with E-state index in [9.17, 15) is 14.3 Å². The minimum absolute atomic E-state index is 0.233. The molecular weight excluding hydrogens is 293 g/mol. The number of rotatable bonds is 5. The second-order valence-electron chi connectivity index (χ2n) is 5.64. The van der Waals surface area contributed by atoms with Gasteiger partial charge in [-0.25, -0.2) is 4.39 Å². The van der Waals surface area contributed by atoms with Gasteiger partial charge in [0.1, 0.15) is 5.82 Å². The van der Waals surface area contributed by atoms with Gasteiger partial charge in [0, 0.05) is 28.6 Å². The molecule has 2 N–H and O–H groups in total. The highest BCUT2D eigenvalue weighted by molar-refractivity contribution is 5.86. The standard InChI is InChI=1S/C19H18FNO2/c1-2-12(15-11-21-17-10-6-4-7-13(15)17)18(19(22)23)14-8-3-5-9-16(14)20/h3-12,18,21H,2H2,1H3,(H,22,23). The molecule has 0 fully saturated rings. The molecular formula is C19H18FNO2. The predicted molar refractivity (Wildman–Crippen MR) is 88.1 cm³/mol. The van der Waals surface area contributed by atoms with Crippen LogP contribution in [0.1, 0.15) is 36.3 Å². The highest BCUT2D eigenvalue weighted by Crippen LogP contribution is 2.39. The summed E-state index contributed by atoms with van der Waals surface area (Å²) in [5.41, 5.74) is 2.11. The molecule has 2 unspecified atom stereocenters. The van der Waals surface area contributed by atoms with E-state index >= 15 is 0 Å². The largest absolute Gasteiger partial charge is 0.481 e. The van der Waals surface area contributed by atoms with Gasteiger partial charge >= 0.3 is 5.97 Å². The number of nitrogens with one attached hydrogen (secondary N) is 1. The molecule has 3 nitrogen and oxygen atoms in total. The van der Waals surface area contributed by atoms with Gasteiger partial charge in [-0.1, -0.05) is 43.3 Å². The molecule has 0 bridgehead atoms. The predicted octanol–water partition coefficient (Wildman–Crippen LogP) is 4.67. The number of aromatic nitrogens is 1. The average Bonchev–Trinajstić information content (AvgIpc) is 2.97. The normalized spacial score (nSPS) is 13.8. The van der Waals surface area contributed by atoms with Gasteiger partial charge in [0.25, 0.3) is 0 Å². The molecule has 0 amide bonds. The van der Waals surface area contributed by atoms with Crippen LogP contribution in [0.5, 0.6) is 0 Å². The Hall–Kier alpha value is -2.62. The van der Waals surface area contributed by atoms with Crippen LogP contribution in [0, 0.1) is 5.82 Å². The Balaban J connectivity index is 2.14. The van der Waals surface area contributed by atoms with E-state index in [0.29, 0.717) is 6.42 Å². The molecule has 0 aliphatic rings. The van der Waals surface area contributed by atoms with Gasteiger partial charge in [0.05, 0.1) is 5.92 Å². The van der Waals surface area contributed by atoms with Crippen LogP contribution in [0.25, 0.3) is 10.9 Å². The molecule has 23 heavy (non-hydrogen) atoms. The maximum absolute atomic E-state index is 14.2. The van der Waals surface area contributed by atoms with E-state index in [-0.39, 0.29) is 11.5 Å². The number of halogens is 1. The summed E-state index contributed by atoms with van der Waals surface area (Å²) in [5, 5.41) is 10.7. The van der Waals surface area contributed by atoms with Gasteiger partial charge < -0.3 is 10.1 Å². The van der Waals surface area contributed by atoms with Gasteiger partial charge in [-0.05, 0) is 24.1 Å². The summed E-state index contributed by atoms with van der Waals surface area (Å²) in [6, 6.07) is 13.9. The lowest BCUT2D eigenvalue weighted by Gasteiger charge is -2.23. The second kappa shape index (κ2) is 6.24. The lowest BCUT2D eigenvalue weighted by atomic mass is 9.79. The molecule has 0 saturated heterocycles. The molecule has 0 aliphatic carbocycles. The fourth-order valence-electron chi connectivity index (χ4n) is 3.29. The minimum Gasteiger partial charge on any atom is -0.481 e. The van der Waals surface area contributed by atoms with E-state index in [0.717, 1.165) is 16.5 Å². The van der Waals surface area contributed by atoms with Crippen molar-refractivity contribution in [2.24, 2.45) is 0 Å². The third-order valence-electron chi connectivity index (χ3n) is 4.37. The van der Waals surface area contributed by atoms with E-state index in [4.69, 9.17) is 0 Å². The summed E-state index contributed by atoms with van der Waals surface area (Å²) in [6.07, 6.45) is 2.45. The SMILES string of the molecule is CCC(c1c[nH]c2ccccc12)C(C(=O)O)c1ccccc1F. The fourth-order valence-corrected chi connectivity index (χ4v) is 3.29. The van der Waals surface area contributed by atoms with E-state index in [1.807, 2.05) is 37.4 Å². The van der Waals surface area contributed by atoms with Gasteiger partial charge in [0.2, 0.25) is 0 Å². The molecule has 2 atom stereocenters. The second-order valence-corrected chi connectivity index (χ2v) is 5.64. The Kier molecular flexibility index (Phi) is 4.15. The van der Waals surface area contributed by atoms with Crippen LogP contribution < -0.4 is 0 Å². The van der Waals surface area contributed by atoms with Crippen molar-refractivity contribution in [1.29, 1.82) is 0 Å². The Morgan fingerprint density at radius 1 is 1.13 bits per heavy atom. The Morgan fingerprint density at radius 2 is 1.83 bits per heavy atom. The van der Waals surface area contributed by atoms with Crippen LogP contribution in [0.3, 0.4) is 0 Å². The van der Waals surface area contributed by atoms with Crippen molar-refractivity contribution in [3.8, 4) is 0 Å². The van der Waals surface area contributed by atoms with Crippen molar-refractivity contribution in [3.63, 3.8) is 0 Å². The number of aromatic amines is 1. The first-order chi connectivity index (χ1) is 11.1. The number of para-hydroxylation sites is 1. The smallest absolute Gasteiger partial charge is 0.311 e. The number of carboxylic acids is 1. The summed E-state index contributed by atoms with van der Waals surface area (Å²) >= 11 is 0. The highest BCUT2D eigenvalue weighted by atomic mass is 19.1. The Labute approximate surface area is 133 Å². The summed E-state index contributed by atoms with van der Waals surface area (Å²) in [6.45, 7) is 1.93. The van der Waals surface area contributed by atoms with Gasteiger partial charge in [-0.15, -0.1) is 0 Å². The van der Waals surface area contributed by atoms with Crippen LogP contribution in [0.2, 0.25) is 0 Å². The zero-order chi connectivity index (χ0) is 16.4. The minimum atomic E-state index is -1.01. The number of hydrogen-bond acceptors (Lipinski definition) is 1. The van der Waals surface area contributed by atoms with Gasteiger partial charge in [0.15, 0.2) is 0 Å². The van der Waals surface area contributed by atoms with Crippen molar-refractivity contribution in [2.45, 2.75) is 25.2 Å². The monoisotopic (exact) mass is 311 g/mol. The first-order valence-electron chi connectivity index (χ1n) is 7.66. The molecule has 3 aromatic rings. The summed E-state index contributed by atoms with van der Waals surface area (Å²) in [5.74, 6) is -2.70. The van der Waals surface area contributed by atoms with Crippen molar-refractivity contribution >= 4 is 16.9 Å². The summed E-state index contributed by atoms with van der Waals surface area (Å²) < 4.78 is 14.2. The topological polar surface area (TPSA) is 53.1 Å². The summed E-state index contributed by atoms with van der Waals surface area (Å²) in [4.78, 5) is 15.1. The molecule has 0 aliphatic heterocycles. The van der Waals surface area contributed by atoms with Crippen LogP contribution in [0.4, 0.5) is 4.39 Å². The lowest BCUT2D eigenvalue weighted by Crippen LogP contribution is -2.21. The molecule has 1 heterocycles. The quantitative estimate of drug-likeness (QED) is 0.719. The first kappa shape index (κ1) is 15.3. The molecule has 4 heteroatoms. The fraction of sp³-hybridized carbons (Fsp3) is 0.211. The van der Waals surface area contributed by atoms with Crippen molar-refractivity contribution in [2.75, 3.05) is 0 Å².